The number of rotatable bonds is 1. The van der Waals surface area contributed by atoms with Gasteiger partial charge < -0.3 is 0 Å². The van der Waals surface area contributed by atoms with Gasteiger partial charge in [-0.3, -0.25) is 0 Å². The van der Waals surface area contributed by atoms with Crippen LogP contribution in [-0.2, 0) is 0 Å². The van der Waals surface area contributed by atoms with Crippen LogP contribution >= 0.6 is 0 Å². The first kappa shape index (κ1) is 7.10. The first-order chi connectivity index (χ1) is 5.86. The van der Waals surface area contributed by atoms with E-state index in [1.54, 1.807) is 0 Å². The maximum absolute atomic E-state index is 4.19. The first-order valence-electron chi connectivity index (χ1n) is 3.79. The van der Waals surface area contributed by atoms with Crippen molar-refractivity contribution in [3.63, 3.8) is 0 Å². The van der Waals surface area contributed by atoms with Crippen molar-refractivity contribution in [2.24, 2.45) is 0 Å². The molecule has 12 heavy (non-hydrogen) atoms. The van der Waals surface area contributed by atoms with E-state index in [2.05, 4.69) is 12.0 Å². The Morgan fingerprint density at radius 3 is 2.42 bits per heavy atom. The SMILES string of the molecule is [CH2]c1ccn(-c2ccccc2)n1. The molecule has 0 bridgehead atoms. The zero-order valence-corrected chi connectivity index (χ0v) is 6.64. The molecular formula is C10H9N2. The van der Waals surface area contributed by atoms with Gasteiger partial charge in [-0.1, -0.05) is 18.2 Å². The lowest BCUT2D eigenvalue weighted by molar-refractivity contribution is 0.872. The average Bonchev–Trinajstić information content (AvgIpc) is 2.54. The molecule has 0 saturated carbocycles. The molecule has 0 N–H and O–H groups in total. The van der Waals surface area contributed by atoms with E-state index >= 15 is 0 Å². The van der Waals surface area contributed by atoms with Crippen LogP contribution in [0.1, 0.15) is 5.69 Å². The standard InChI is InChI=1S/C10H9N2/c1-9-7-8-12(11-9)10-5-3-2-4-6-10/h2-8H,1H2. The van der Waals surface area contributed by atoms with Gasteiger partial charge in [0.1, 0.15) is 0 Å². The lowest BCUT2D eigenvalue weighted by Gasteiger charge is -1.98. The molecule has 1 aromatic carbocycles. The molecule has 2 rings (SSSR count). The second kappa shape index (κ2) is 2.81. The molecule has 0 aliphatic carbocycles. The maximum atomic E-state index is 4.19. The minimum atomic E-state index is 0.791. The van der Waals surface area contributed by atoms with Crippen LogP contribution in [0.4, 0.5) is 0 Å². The Morgan fingerprint density at radius 1 is 1.08 bits per heavy atom. The Morgan fingerprint density at radius 2 is 1.83 bits per heavy atom. The second-order valence-electron chi connectivity index (χ2n) is 2.59. The number of benzene rings is 1. The van der Waals surface area contributed by atoms with Crippen LogP contribution in [0.25, 0.3) is 5.69 Å². The van der Waals surface area contributed by atoms with E-state index < -0.39 is 0 Å². The molecule has 0 aliphatic heterocycles. The molecule has 0 saturated heterocycles. The smallest absolute Gasteiger partial charge is 0.0645 e. The Kier molecular flexibility index (Phi) is 1.67. The van der Waals surface area contributed by atoms with Crippen LogP contribution in [0.5, 0.6) is 0 Å². The van der Waals surface area contributed by atoms with Gasteiger partial charge in [0.25, 0.3) is 0 Å². The third-order valence-corrected chi connectivity index (χ3v) is 1.67. The van der Waals surface area contributed by atoms with Crippen LogP contribution in [-0.4, -0.2) is 9.78 Å². The van der Waals surface area contributed by atoms with Crippen molar-refractivity contribution in [1.82, 2.24) is 9.78 Å². The van der Waals surface area contributed by atoms with Crippen molar-refractivity contribution in [3.8, 4) is 5.69 Å². The highest BCUT2D eigenvalue weighted by Gasteiger charge is 1.94. The summed E-state index contributed by atoms with van der Waals surface area (Å²) in [5, 5.41) is 4.19. The van der Waals surface area contributed by atoms with Gasteiger partial charge in [0, 0.05) is 6.20 Å². The van der Waals surface area contributed by atoms with Crippen LogP contribution in [0.3, 0.4) is 0 Å². The molecule has 59 valence electrons. The summed E-state index contributed by atoms with van der Waals surface area (Å²) >= 11 is 0. The molecule has 1 radical (unpaired) electrons. The van der Waals surface area contributed by atoms with Gasteiger partial charge in [-0.2, -0.15) is 5.10 Å². The summed E-state index contributed by atoms with van der Waals surface area (Å²) < 4.78 is 1.81. The minimum absolute atomic E-state index is 0.791. The monoisotopic (exact) mass is 157 g/mol. The predicted octanol–water partition coefficient (Wildman–Crippen LogP) is 2.05. The average molecular weight is 157 g/mol. The molecule has 0 atom stereocenters. The summed E-state index contributed by atoms with van der Waals surface area (Å²) in [5.41, 5.74) is 1.85. The van der Waals surface area contributed by atoms with Crippen LogP contribution in [0.15, 0.2) is 42.6 Å². The van der Waals surface area contributed by atoms with Gasteiger partial charge in [-0.15, -0.1) is 0 Å². The zero-order chi connectivity index (χ0) is 8.39. The van der Waals surface area contributed by atoms with Crippen molar-refractivity contribution in [3.05, 3.63) is 55.2 Å². The van der Waals surface area contributed by atoms with Gasteiger partial charge in [0.05, 0.1) is 11.4 Å². The topological polar surface area (TPSA) is 17.8 Å². The normalized spacial score (nSPS) is 10.1. The summed E-state index contributed by atoms with van der Waals surface area (Å²) in [4.78, 5) is 0. The largest absolute Gasteiger partial charge is 0.241 e. The van der Waals surface area contributed by atoms with E-state index in [-0.39, 0.29) is 0 Å². The summed E-state index contributed by atoms with van der Waals surface area (Å²) in [6, 6.07) is 11.9. The summed E-state index contributed by atoms with van der Waals surface area (Å²) in [6.45, 7) is 3.73. The molecule has 2 nitrogen and oxygen atoms in total. The molecule has 0 aliphatic rings. The van der Waals surface area contributed by atoms with Crippen molar-refractivity contribution in [2.75, 3.05) is 0 Å². The Balaban J connectivity index is 2.45. The van der Waals surface area contributed by atoms with E-state index in [9.17, 15) is 0 Å². The van der Waals surface area contributed by atoms with Gasteiger partial charge >= 0.3 is 0 Å². The lowest BCUT2D eigenvalue weighted by Crippen LogP contribution is -1.93. The number of hydrogen-bond donors (Lipinski definition) is 0. The molecule has 2 heteroatoms. The van der Waals surface area contributed by atoms with Crippen molar-refractivity contribution >= 4 is 0 Å². The maximum Gasteiger partial charge on any atom is 0.0645 e. The predicted molar refractivity (Wildman–Crippen MR) is 48.0 cm³/mol. The van der Waals surface area contributed by atoms with E-state index in [4.69, 9.17) is 0 Å². The first-order valence-corrected chi connectivity index (χ1v) is 3.79. The van der Waals surface area contributed by atoms with E-state index in [0.717, 1.165) is 11.4 Å². The van der Waals surface area contributed by atoms with Crippen LogP contribution in [0.2, 0.25) is 0 Å². The summed E-state index contributed by atoms with van der Waals surface area (Å²) in [7, 11) is 0. The third-order valence-electron chi connectivity index (χ3n) is 1.67. The molecule has 0 fully saturated rings. The Bertz CT molecular complexity index is 362. The van der Waals surface area contributed by atoms with Crippen molar-refractivity contribution in [1.29, 1.82) is 0 Å². The highest BCUT2D eigenvalue weighted by atomic mass is 15.3. The van der Waals surface area contributed by atoms with Crippen molar-refractivity contribution < 1.29 is 0 Å². The molecule has 0 amide bonds. The number of nitrogens with zero attached hydrogens (tertiary/aromatic N) is 2. The summed E-state index contributed by atoms with van der Waals surface area (Å²) in [6.07, 6.45) is 1.90. The van der Waals surface area contributed by atoms with Gasteiger partial charge in [-0.25, -0.2) is 4.68 Å². The minimum Gasteiger partial charge on any atom is -0.241 e. The van der Waals surface area contributed by atoms with E-state index in [0.29, 0.717) is 0 Å². The fourth-order valence-electron chi connectivity index (χ4n) is 1.09. The molecule has 1 aromatic heterocycles. The molecule has 0 spiro atoms. The Labute approximate surface area is 71.5 Å². The number of aromatic nitrogens is 2. The highest BCUT2D eigenvalue weighted by molar-refractivity contribution is 5.30. The fourth-order valence-corrected chi connectivity index (χ4v) is 1.09. The van der Waals surface area contributed by atoms with Crippen LogP contribution in [0, 0.1) is 6.92 Å². The highest BCUT2D eigenvalue weighted by Crippen LogP contribution is 2.05. The fraction of sp³-hybridized carbons (Fsp3) is 0. The molecule has 2 aromatic rings. The van der Waals surface area contributed by atoms with Gasteiger partial charge in [-0.05, 0) is 25.1 Å². The van der Waals surface area contributed by atoms with Crippen LogP contribution < -0.4 is 0 Å². The zero-order valence-electron chi connectivity index (χ0n) is 6.64. The van der Waals surface area contributed by atoms with Crippen molar-refractivity contribution in [2.45, 2.75) is 0 Å². The molecule has 0 unspecified atom stereocenters. The number of hydrogen-bond acceptors (Lipinski definition) is 1. The second-order valence-corrected chi connectivity index (χ2v) is 2.59. The quantitative estimate of drug-likeness (QED) is 0.619. The van der Waals surface area contributed by atoms with Gasteiger partial charge in [0.15, 0.2) is 0 Å². The molecule has 1 heterocycles. The van der Waals surface area contributed by atoms with Gasteiger partial charge in [0.2, 0.25) is 0 Å². The summed E-state index contributed by atoms with van der Waals surface area (Å²) in [5.74, 6) is 0. The van der Waals surface area contributed by atoms with E-state index in [1.165, 1.54) is 0 Å². The van der Waals surface area contributed by atoms with E-state index in [1.807, 2.05) is 47.3 Å². The number of para-hydroxylation sites is 1. The lowest BCUT2D eigenvalue weighted by atomic mass is 10.3. The molecular weight excluding hydrogens is 148 g/mol. The third kappa shape index (κ3) is 1.23. The Hall–Kier alpha value is -1.57.